The monoisotopic (exact) mass is 177 g/mol. The highest BCUT2D eigenvalue weighted by atomic mass is 16.5. The van der Waals surface area contributed by atoms with Gasteiger partial charge in [0, 0.05) is 6.54 Å². The number of rotatable bonds is 4. The minimum atomic E-state index is -0.0137. The van der Waals surface area contributed by atoms with E-state index in [2.05, 4.69) is 6.58 Å². The largest absolute Gasteiger partial charge is 0.313 e. The van der Waals surface area contributed by atoms with Gasteiger partial charge in [-0.05, 0) is 12.5 Å². The zero-order valence-electron chi connectivity index (χ0n) is 7.85. The van der Waals surface area contributed by atoms with Crippen molar-refractivity contribution >= 4 is 0 Å². The van der Waals surface area contributed by atoms with Crippen molar-refractivity contribution < 1.29 is 5.21 Å². The fourth-order valence-corrected chi connectivity index (χ4v) is 1.04. The highest BCUT2D eigenvalue weighted by molar-refractivity contribution is 5.14. The number of benzene rings is 1. The molecule has 0 fully saturated rings. The third kappa shape index (κ3) is 3.01. The van der Waals surface area contributed by atoms with Gasteiger partial charge < -0.3 is 5.21 Å². The fraction of sp³-hybridized carbons (Fsp3) is 0.273. The Morgan fingerprint density at radius 3 is 2.62 bits per heavy atom. The van der Waals surface area contributed by atoms with Gasteiger partial charge in [-0.1, -0.05) is 36.4 Å². The maximum atomic E-state index is 9.53. The van der Waals surface area contributed by atoms with E-state index in [9.17, 15) is 5.21 Å². The van der Waals surface area contributed by atoms with Gasteiger partial charge in [-0.3, -0.25) is 0 Å². The van der Waals surface area contributed by atoms with E-state index in [0.29, 0.717) is 6.54 Å². The Hall–Kier alpha value is -1.12. The van der Waals surface area contributed by atoms with E-state index < -0.39 is 0 Å². The second-order valence-corrected chi connectivity index (χ2v) is 3.06. The third-order valence-corrected chi connectivity index (χ3v) is 2.00. The normalized spacial score (nSPS) is 12.8. The molecule has 1 aromatic carbocycles. The van der Waals surface area contributed by atoms with Crippen LogP contribution in [-0.2, 0) is 6.54 Å². The first-order valence-electron chi connectivity index (χ1n) is 4.36. The van der Waals surface area contributed by atoms with Crippen LogP contribution in [0.15, 0.2) is 43.0 Å². The summed E-state index contributed by atoms with van der Waals surface area (Å²) < 4.78 is 0. The van der Waals surface area contributed by atoms with E-state index >= 15 is 0 Å². The van der Waals surface area contributed by atoms with Gasteiger partial charge in [0.05, 0.1) is 6.04 Å². The first kappa shape index (κ1) is 9.96. The van der Waals surface area contributed by atoms with Crippen LogP contribution in [0, 0.1) is 0 Å². The van der Waals surface area contributed by atoms with Crippen molar-refractivity contribution in [1.82, 2.24) is 5.06 Å². The predicted molar refractivity (Wildman–Crippen MR) is 53.4 cm³/mol. The average Bonchev–Trinajstić information content (AvgIpc) is 2.18. The topological polar surface area (TPSA) is 23.5 Å². The average molecular weight is 177 g/mol. The molecule has 0 saturated carbocycles. The van der Waals surface area contributed by atoms with Gasteiger partial charge in [0.1, 0.15) is 0 Å². The van der Waals surface area contributed by atoms with Crippen molar-refractivity contribution in [2.45, 2.75) is 19.5 Å². The van der Waals surface area contributed by atoms with Crippen LogP contribution in [0.25, 0.3) is 0 Å². The number of hydrogen-bond acceptors (Lipinski definition) is 2. The van der Waals surface area contributed by atoms with Gasteiger partial charge in [-0.2, -0.15) is 5.06 Å². The van der Waals surface area contributed by atoms with Crippen molar-refractivity contribution in [2.24, 2.45) is 0 Å². The molecule has 70 valence electrons. The zero-order valence-corrected chi connectivity index (χ0v) is 7.85. The molecule has 1 rings (SSSR count). The molecule has 1 aromatic rings. The lowest BCUT2D eigenvalue weighted by atomic mass is 10.2. The smallest absolute Gasteiger partial charge is 0.0503 e. The summed E-state index contributed by atoms with van der Waals surface area (Å²) in [4.78, 5) is 0. The summed E-state index contributed by atoms with van der Waals surface area (Å²) in [6, 6.07) is 9.84. The highest BCUT2D eigenvalue weighted by Crippen LogP contribution is 2.05. The predicted octanol–water partition coefficient (Wildman–Crippen LogP) is 2.45. The molecule has 2 heteroatoms. The van der Waals surface area contributed by atoms with Crippen LogP contribution in [0.1, 0.15) is 12.5 Å². The van der Waals surface area contributed by atoms with Gasteiger partial charge in [0.25, 0.3) is 0 Å². The van der Waals surface area contributed by atoms with Crippen molar-refractivity contribution in [2.75, 3.05) is 0 Å². The second kappa shape index (κ2) is 4.80. The number of hydrogen-bond donors (Lipinski definition) is 1. The highest BCUT2D eigenvalue weighted by Gasteiger charge is 2.06. The van der Waals surface area contributed by atoms with Crippen LogP contribution in [0.2, 0.25) is 0 Å². The molecule has 0 aliphatic rings. The summed E-state index contributed by atoms with van der Waals surface area (Å²) >= 11 is 0. The summed E-state index contributed by atoms with van der Waals surface area (Å²) in [5.41, 5.74) is 1.10. The van der Waals surface area contributed by atoms with Crippen LogP contribution in [-0.4, -0.2) is 16.3 Å². The van der Waals surface area contributed by atoms with Crippen molar-refractivity contribution in [3.8, 4) is 0 Å². The zero-order chi connectivity index (χ0) is 9.68. The first-order chi connectivity index (χ1) is 6.24. The summed E-state index contributed by atoms with van der Waals surface area (Å²) in [7, 11) is 0. The van der Waals surface area contributed by atoms with E-state index in [4.69, 9.17) is 0 Å². The Kier molecular flexibility index (Phi) is 3.68. The summed E-state index contributed by atoms with van der Waals surface area (Å²) in [6.07, 6.45) is 1.71. The minimum absolute atomic E-state index is 0.0137. The number of hydroxylamine groups is 2. The summed E-state index contributed by atoms with van der Waals surface area (Å²) in [6.45, 7) is 6.06. The Balaban J connectivity index is 2.54. The lowest BCUT2D eigenvalue weighted by molar-refractivity contribution is -0.117. The SMILES string of the molecule is C=CC(C)N(O)Cc1ccccc1. The molecule has 0 saturated heterocycles. The summed E-state index contributed by atoms with van der Waals surface area (Å²) in [5.74, 6) is 0. The van der Waals surface area contributed by atoms with Crippen molar-refractivity contribution in [3.63, 3.8) is 0 Å². The van der Waals surface area contributed by atoms with Gasteiger partial charge in [-0.15, -0.1) is 6.58 Å². The Morgan fingerprint density at radius 2 is 2.08 bits per heavy atom. The Labute approximate surface area is 79.1 Å². The van der Waals surface area contributed by atoms with Crippen LogP contribution in [0.3, 0.4) is 0 Å². The lowest BCUT2D eigenvalue weighted by Gasteiger charge is -2.19. The summed E-state index contributed by atoms with van der Waals surface area (Å²) in [5, 5.41) is 10.8. The number of nitrogens with zero attached hydrogens (tertiary/aromatic N) is 1. The molecule has 13 heavy (non-hydrogen) atoms. The molecule has 0 aromatic heterocycles. The molecule has 0 heterocycles. The molecule has 0 bridgehead atoms. The molecule has 1 atom stereocenters. The molecule has 1 N–H and O–H groups in total. The van der Waals surface area contributed by atoms with E-state index in [1.807, 2.05) is 37.3 Å². The van der Waals surface area contributed by atoms with Crippen molar-refractivity contribution in [3.05, 3.63) is 48.6 Å². The standard InChI is InChI=1S/C11H15NO/c1-3-10(2)12(13)9-11-7-5-4-6-8-11/h3-8,10,13H,1,9H2,2H3. The Bertz CT molecular complexity index is 258. The van der Waals surface area contributed by atoms with E-state index in [-0.39, 0.29) is 6.04 Å². The van der Waals surface area contributed by atoms with Gasteiger partial charge in [-0.25, -0.2) is 0 Å². The molecule has 0 radical (unpaired) electrons. The van der Waals surface area contributed by atoms with Crippen LogP contribution < -0.4 is 0 Å². The maximum absolute atomic E-state index is 9.53. The van der Waals surface area contributed by atoms with E-state index in [1.54, 1.807) is 6.08 Å². The molecule has 2 nitrogen and oxygen atoms in total. The van der Waals surface area contributed by atoms with Gasteiger partial charge in [0.15, 0.2) is 0 Å². The van der Waals surface area contributed by atoms with Gasteiger partial charge >= 0.3 is 0 Å². The minimum Gasteiger partial charge on any atom is -0.313 e. The molecule has 0 aliphatic carbocycles. The van der Waals surface area contributed by atoms with Crippen LogP contribution >= 0.6 is 0 Å². The quantitative estimate of drug-likeness (QED) is 0.564. The first-order valence-corrected chi connectivity index (χ1v) is 4.36. The molecule has 0 aliphatic heterocycles. The second-order valence-electron chi connectivity index (χ2n) is 3.06. The van der Waals surface area contributed by atoms with Crippen molar-refractivity contribution in [1.29, 1.82) is 0 Å². The Morgan fingerprint density at radius 1 is 1.46 bits per heavy atom. The maximum Gasteiger partial charge on any atom is 0.0503 e. The van der Waals surface area contributed by atoms with E-state index in [1.165, 1.54) is 5.06 Å². The fourth-order valence-electron chi connectivity index (χ4n) is 1.04. The molecular formula is C11H15NO. The molecule has 0 spiro atoms. The van der Waals surface area contributed by atoms with Gasteiger partial charge in [0.2, 0.25) is 0 Å². The molecule has 1 unspecified atom stereocenters. The van der Waals surface area contributed by atoms with Crippen LogP contribution in [0.4, 0.5) is 0 Å². The molecule has 0 amide bonds. The lowest BCUT2D eigenvalue weighted by Crippen LogP contribution is -2.27. The molecular weight excluding hydrogens is 162 g/mol. The van der Waals surface area contributed by atoms with E-state index in [0.717, 1.165) is 5.56 Å². The third-order valence-electron chi connectivity index (χ3n) is 2.00. The van der Waals surface area contributed by atoms with Crippen LogP contribution in [0.5, 0.6) is 0 Å².